The maximum Gasteiger partial charge on any atom is 0.251 e. The summed E-state index contributed by atoms with van der Waals surface area (Å²) < 4.78 is 35.5. The maximum atomic E-state index is 14.5. The monoisotopic (exact) mass is 630 g/mol. The number of benzene rings is 2. The molecular weight excluding hydrogens is 602 g/mol. The standard InChI is InChI=1S/C28H29BrF2N6O2S/c1-15-5-7-18(8-6-15)26-33-16(2)25(40-26)17(3)36(4)27(38)28(9-11-39-12-10-28)37-14-21(34-35-37)19-13-20(30)22(29)23(31)24(19)32/h5-8,13-14,17H,9-12,32H2,1-4H3. The second-order valence-electron chi connectivity index (χ2n) is 10.1. The molecule has 2 aromatic carbocycles. The number of nitrogens with zero attached hydrogens (tertiary/aromatic N) is 5. The molecule has 0 bridgehead atoms. The van der Waals surface area contributed by atoms with Crippen molar-refractivity contribution < 1.29 is 18.3 Å². The highest BCUT2D eigenvalue weighted by Crippen LogP contribution is 2.39. The number of hydrogen-bond acceptors (Lipinski definition) is 7. The molecule has 0 radical (unpaired) electrons. The first kappa shape index (κ1) is 28.3. The Morgan fingerprint density at radius 2 is 1.90 bits per heavy atom. The number of ether oxygens (including phenoxy) is 1. The molecule has 3 heterocycles. The van der Waals surface area contributed by atoms with E-state index in [0.717, 1.165) is 27.2 Å². The molecule has 5 rings (SSSR count). The van der Waals surface area contributed by atoms with Crippen LogP contribution in [0.3, 0.4) is 0 Å². The largest absolute Gasteiger partial charge is 0.396 e. The van der Waals surface area contributed by atoms with Crippen LogP contribution in [0.5, 0.6) is 0 Å². The second kappa shape index (κ2) is 11.0. The van der Waals surface area contributed by atoms with Gasteiger partial charge in [0.15, 0.2) is 5.82 Å². The van der Waals surface area contributed by atoms with Crippen LogP contribution < -0.4 is 5.73 Å². The van der Waals surface area contributed by atoms with E-state index in [2.05, 4.69) is 38.4 Å². The Kier molecular flexibility index (Phi) is 7.77. The van der Waals surface area contributed by atoms with Crippen molar-refractivity contribution in [2.24, 2.45) is 0 Å². The third-order valence-electron chi connectivity index (χ3n) is 7.54. The molecule has 0 spiro atoms. The molecule has 2 aromatic heterocycles. The summed E-state index contributed by atoms with van der Waals surface area (Å²) in [6.07, 6.45) is 2.24. The Balaban J connectivity index is 1.47. The zero-order chi connectivity index (χ0) is 28.8. The number of aromatic nitrogens is 4. The van der Waals surface area contributed by atoms with Crippen molar-refractivity contribution in [1.29, 1.82) is 0 Å². The van der Waals surface area contributed by atoms with Crippen LogP contribution in [0.25, 0.3) is 21.8 Å². The summed E-state index contributed by atoms with van der Waals surface area (Å²) in [4.78, 5) is 21.7. The number of carbonyl (C=O) groups excluding carboxylic acids is 1. The molecule has 1 saturated heterocycles. The van der Waals surface area contributed by atoms with Crippen LogP contribution >= 0.6 is 27.3 Å². The molecule has 1 fully saturated rings. The van der Waals surface area contributed by atoms with E-state index < -0.39 is 17.2 Å². The van der Waals surface area contributed by atoms with E-state index in [1.54, 1.807) is 23.3 Å². The summed E-state index contributed by atoms with van der Waals surface area (Å²) in [6.45, 7) is 6.67. The number of nitrogen functional groups attached to an aromatic ring is 1. The predicted molar refractivity (Wildman–Crippen MR) is 154 cm³/mol. The Labute approximate surface area is 243 Å². The highest BCUT2D eigenvalue weighted by molar-refractivity contribution is 9.10. The summed E-state index contributed by atoms with van der Waals surface area (Å²) in [5, 5.41) is 9.30. The molecule has 0 aliphatic carbocycles. The van der Waals surface area contributed by atoms with Crippen molar-refractivity contribution in [3.8, 4) is 21.8 Å². The van der Waals surface area contributed by atoms with Crippen LogP contribution in [-0.2, 0) is 15.1 Å². The molecule has 8 nitrogen and oxygen atoms in total. The minimum Gasteiger partial charge on any atom is -0.396 e. The van der Waals surface area contributed by atoms with Gasteiger partial charge in [0.25, 0.3) is 5.91 Å². The number of anilines is 1. The average Bonchev–Trinajstić information content (AvgIpc) is 3.61. The molecule has 4 aromatic rings. The molecule has 2 N–H and O–H groups in total. The lowest BCUT2D eigenvalue weighted by Gasteiger charge is -2.40. The summed E-state index contributed by atoms with van der Waals surface area (Å²) in [5.41, 5.74) is 7.88. The van der Waals surface area contributed by atoms with Gasteiger partial charge in [-0.15, -0.1) is 16.4 Å². The third-order valence-corrected chi connectivity index (χ3v) is 9.64. The summed E-state index contributed by atoms with van der Waals surface area (Å²) in [6, 6.07) is 9.03. The van der Waals surface area contributed by atoms with Gasteiger partial charge in [-0.1, -0.05) is 35.0 Å². The van der Waals surface area contributed by atoms with Crippen LogP contribution in [0.4, 0.5) is 14.5 Å². The van der Waals surface area contributed by atoms with Crippen molar-refractivity contribution >= 4 is 38.9 Å². The minimum absolute atomic E-state index is 0.0600. The van der Waals surface area contributed by atoms with Crippen LogP contribution in [-0.4, -0.2) is 51.0 Å². The van der Waals surface area contributed by atoms with Crippen LogP contribution in [0.1, 0.15) is 41.9 Å². The number of aryl methyl sites for hydroxylation is 2. The van der Waals surface area contributed by atoms with Gasteiger partial charge in [0.2, 0.25) is 0 Å². The van der Waals surface area contributed by atoms with Gasteiger partial charge in [-0.3, -0.25) is 4.79 Å². The third kappa shape index (κ3) is 4.92. The van der Waals surface area contributed by atoms with Gasteiger partial charge >= 0.3 is 0 Å². The second-order valence-corrected chi connectivity index (χ2v) is 11.9. The normalized spacial score (nSPS) is 15.7. The number of thiazole rings is 1. The number of hydrogen-bond donors (Lipinski definition) is 1. The van der Waals surface area contributed by atoms with E-state index in [1.165, 1.54) is 16.4 Å². The molecular formula is C28H29BrF2N6O2S. The van der Waals surface area contributed by atoms with Gasteiger partial charge in [-0.05, 0) is 42.8 Å². The van der Waals surface area contributed by atoms with Gasteiger partial charge in [0.05, 0.1) is 33.0 Å². The molecule has 1 amide bonds. The van der Waals surface area contributed by atoms with E-state index in [0.29, 0.717) is 26.1 Å². The highest BCUT2D eigenvalue weighted by atomic mass is 79.9. The van der Waals surface area contributed by atoms with E-state index in [-0.39, 0.29) is 33.4 Å². The van der Waals surface area contributed by atoms with Crippen molar-refractivity contribution in [3.05, 3.63) is 68.8 Å². The Morgan fingerprint density at radius 1 is 1.23 bits per heavy atom. The number of carbonyl (C=O) groups is 1. The average molecular weight is 632 g/mol. The van der Waals surface area contributed by atoms with E-state index in [4.69, 9.17) is 15.5 Å². The lowest BCUT2D eigenvalue weighted by Crippen LogP contribution is -2.53. The van der Waals surface area contributed by atoms with Crippen molar-refractivity contribution in [2.45, 2.75) is 45.2 Å². The smallest absolute Gasteiger partial charge is 0.251 e. The predicted octanol–water partition coefficient (Wildman–Crippen LogP) is 6.03. The molecule has 1 aliphatic rings. The molecule has 1 unspecified atom stereocenters. The van der Waals surface area contributed by atoms with Crippen molar-refractivity contribution in [2.75, 3.05) is 26.0 Å². The molecule has 1 aliphatic heterocycles. The SMILES string of the molecule is Cc1ccc(-c2nc(C)c(C(C)N(C)C(=O)C3(n4cc(-c5cc(F)c(Br)c(F)c5N)nn4)CCOCC3)s2)cc1. The van der Waals surface area contributed by atoms with Crippen molar-refractivity contribution in [3.63, 3.8) is 0 Å². The van der Waals surface area contributed by atoms with Gasteiger partial charge in [0.1, 0.15) is 22.1 Å². The molecule has 0 saturated carbocycles. The summed E-state index contributed by atoms with van der Waals surface area (Å²) in [5.74, 6) is -1.89. The first-order chi connectivity index (χ1) is 19.0. The quantitative estimate of drug-likeness (QED) is 0.206. The van der Waals surface area contributed by atoms with Crippen molar-refractivity contribution in [1.82, 2.24) is 24.9 Å². The number of rotatable bonds is 6. The van der Waals surface area contributed by atoms with Gasteiger partial charge < -0.3 is 15.4 Å². The van der Waals surface area contributed by atoms with E-state index >= 15 is 0 Å². The lowest BCUT2D eigenvalue weighted by atomic mass is 9.88. The minimum atomic E-state index is -1.09. The Hall–Kier alpha value is -3.22. The number of likely N-dealkylation sites (N-methyl/N-ethyl adjacent to an activating group) is 1. The number of nitrogens with two attached hydrogens (primary N) is 1. The molecule has 1 atom stereocenters. The summed E-state index contributed by atoms with van der Waals surface area (Å²) >= 11 is 4.43. The zero-order valence-electron chi connectivity index (χ0n) is 22.5. The van der Waals surface area contributed by atoms with Gasteiger partial charge in [0, 0.05) is 44.2 Å². The topological polar surface area (TPSA) is 99.2 Å². The fraction of sp³-hybridized carbons (Fsp3) is 0.357. The van der Waals surface area contributed by atoms with Gasteiger partial charge in [-0.2, -0.15) is 0 Å². The maximum absolute atomic E-state index is 14.5. The molecule has 40 heavy (non-hydrogen) atoms. The molecule has 210 valence electrons. The Bertz CT molecular complexity index is 1570. The lowest BCUT2D eigenvalue weighted by molar-refractivity contribution is -0.147. The van der Waals surface area contributed by atoms with Gasteiger partial charge in [-0.25, -0.2) is 18.4 Å². The Morgan fingerprint density at radius 3 is 2.58 bits per heavy atom. The first-order valence-electron chi connectivity index (χ1n) is 12.8. The van der Waals surface area contributed by atoms with Crippen LogP contribution in [0, 0.1) is 25.5 Å². The number of amides is 1. The van der Waals surface area contributed by atoms with E-state index in [1.807, 2.05) is 32.9 Å². The summed E-state index contributed by atoms with van der Waals surface area (Å²) in [7, 11) is 1.77. The highest BCUT2D eigenvalue weighted by Gasteiger charge is 2.46. The number of halogens is 3. The van der Waals surface area contributed by atoms with E-state index in [9.17, 15) is 13.6 Å². The molecule has 12 heteroatoms. The fourth-order valence-corrected chi connectivity index (χ4v) is 6.46. The zero-order valence-corrected chi connectivity index (χ0v) is 24.9. The van der Waals surface area contributed by atoms with Crippen LogP contribution in [0.15, 0.2) is 41.0 Å². The first-order valence-corrected chi connectivity index (χ1v) is 14.4. The van der Waals surface area contributed by atoms with Crippen LogP contribution in [0.2, 0.25) is 0 Å². The fourth-order valence-electron chi connectivity index (χ4n) is 4.96.